The number of ether oxygens (including phenoxy) is 1. The van der Waals surface area contributed by atoms with Crippen molar-refractivity contribution in [2.24, 2.45) is 5.92 Å². The van der Waals surface area contributed by atoms with Crippen molar-refractivity contribution in [3.05, 3.63) is 66.0 Å². The maximum atomic E-state index is 13.2. The van der Waals surface area contributed by atoms with Crippen LogP contribution in [0, 0.1) is 5.92 Å². The van der Waals surface area contributed by atoms with Gasteiger partial charge in [-0.05, 0) is 55.2 Å². The fourth-order valence-corrected chi connectivity index (χ4v) is 4.38. The lowest BCUT2D eigenvalue weighted by molar-refractivity contribution is -0.132. The van der Waals surface area contributed by atoms with Gasteiger partial charge in [0.25, 0.3) is 5.91 Å². The molecule has 1 aromatic heterocycles. The van der Waals surface area contributed by atoms with Crippen molar-refractivity contribution in [2.75, 3.05) is 6.54 Å². The molecule has 0 spiro atoms. The first-order chi connectivity index (χ1) is 20.1. The Morgan fingerprint density at radius 2 is 1.81 bits per heavy atom. The van der Waals surface area contributed by atoms with Crippen molar-refractivity contribution in [3.8, 4) is 17.2 Å². The number of phenolic OH excluding ortho intramolecular Hbond substituents is 1. The molecule has 3 aromatic rings. The summed E-state index contributed by atoms with van der Waals surface area (Å²) in [6.45, 7) is 5.91. The third-order valence-electron chi connectivity index (χ3n) is 6.77. The van der Waals surface area contributed by atoms with Crippen LogP contribution in [0.4, 0.5) is 0 Å². The first-order valence-electron chi connectivity index (χ1n) is 13.7. The molecule has 222 valence electrons. The maximum Gasteiger partial charge on any atom is 0.255 e. The van der Waals surface area contributed by atoms with Crippen LogP contribution < -0.4 is 26.0 Å². The summed E-state index contributed by atoms with van der Waals surface area (Å²) in [6, 6.07) is 8.25. The molecule has 4 bridgehead atoms. The van der Waals surface area contributed by atoms with Crippen LogP contribution in [0.3, 0.4) is 0 Å². The minimum Gasteiger partial charge on any atom is -0.507 e. The van der Waals surface area contributed by atoms with E-state index in [-0.39, 0.29) is 29.6 Å². The van der Waals surface area contributed by atoms with Gasteiger partial charge in [0.05, 0.1) is 11.8 Å². The summed E-state index contributed by atoms with van der Waals surface area (Å²) in [6.07, 6.45) is 4.10. The second kappa shape index (κ2) is 13.6. The van der Waals surface area contributed by atoms with Crippen molar-refractivity contribution >= 4 is 23.6 Å². The third kappa shape index (κ3) is 7.83. The molecule has 3 heterocycles. The fraction of sp³-hybridized carbons (Fsp3) is 0.379. The van der Waals surface area contributed by atoms with E-state index in [1.807, 2.05) is 0 Å². The summed E-state index contributed by atoms with van der Waals surface area (Å²) >= 11 is 0. The molecular formula is C29H35N7O6. The molecule has 13 nitrogen and oxygen atoms in total. The first kappa shape index (κ1) is 30.0. The van der Waals surface area contributed by atoms with E-state index < -0.39 is 35.8 Å². The highest BCUT2D eigenvalue weighted by Gasteiger charge is 2.30. The van der Waals surface area contributed by atoms with Crippen LogP contribution in [-0.4, -0.2) is 68.4 Å². The Labute approximate surface area is 243 Å². The Morgan fingerprint density at radius 1 is 1.07 bits per heavy atom. The average molecular weight is 578 g/mol. The van der Waals surface area contributed by atoms with Crippen LogP contribution in [0.15, 0.2) is 54.9 Å². The number of aromatic hydroxyl groups is 1. The van der Waals surface area contributed by atoms with Gasteiger partial charge in [-0.1, -0.05) is 31.2 Å². The Kier molecular flexibility index (Phi) is 9.73. The highest BCUT2D eigenvalue weighted by molar-refractivity contribution is 6.00. The van der Waals surface area contributed by atoms with Crippen molar-refractivity contribution < 1.29 is 29.0 Å². The molecule has 2 aliphatic rings. The molecule has 0 radical (unpaired) electrons. The standard InChI is InChI=1S/C29H35N7O6/c1-17(2)25-29(41)32-18(3)26(38)33-23(28(40)30-11-4-13-36-14-12-31-35-36)15-19-5-7-20(8-6-19)42-21-9-10-24(37)22(16-21)27(39)34-25/h5-10,12,14,16-18,23,25,37H,4,11,13,15H2,1-3H3,(H,30,40)(H,32,41)(H,33,38)(H,34,39)/t18-,23-,25-/m0/s1. The largest absolute Gasteiger partial charge is 0.507 e. The lowest BCUT2D eigenvalue weighted by Gasteiger charge is -2.25. The predicted molar refractivity (Wildman–Crippen MR) is 152 cm³/mol. The van der Waals surface area contributed by atoms with Gasteiger partial charge in [-0.3, -0.25) is 23.9 Å². The second-order valence-electron chi connectivity index (χ2n) is 10.4. The van der Waals surface area contributed by atoms with Crippen LogP contribution >= 0.6 is 0 Å². The number of hydrogen-bond acceptors (Lipinski definition) is 8. The summed E-state index contributed by atoms with van der Waals surface area (Å²) < 4.78 is 7.54. The Bertz CT molecular complexity index is 1410. The molecule has 5 rings (SSSR count). The summed E-state index contributed by atoms with van der Waals surface area (Å²) in [5, 5.41) is 28.9. The molecule has 0 saturated carbocycles. The van der Waals surface area contributed by atoms with Crippen molar-refractivity contribution in [1.29, 1.82) is 0 Å². The van der Waals surface area contributed by atoms with Gasteiger partial charge in [0.2, 0.25) is 17.7 Å². The summed E-state index contributed by atoms with van der Waals surface area (Å²) in [4.78, 5) is 52.5. The molecule has 0 aliphatic carbocycles. The lowest BCUT2D eigenvalue weighted by atomic mass is 10.0. The second-order valence-corrected chi connectivity index (χ2v) is 10.4. The van der Waals surface area contributed by atoms with Gasteiger partial charge in [-0.15, -0.1) is 5.10 Å². The number of aryl methyl sites for hydroxylation is 1. The number of nitrogens with one attached hydrogen (secondary N) is 4. The van der Waals surface area contributed by atoms with E-state index in [4.69, 9.17) is 4.74 Å². The molecule has 2 aliphatic heterocycles. The number of rotatable bonds is 6. The number of phenols is 1. The number of fused-ring (bicyclic) bond motifs is 11. The smallest absolute Gasteiger partial charge is 0.255 e. The summed E-state index contributed by atoms with van der Waals surface area (Å²) in [5.74, 6) is -2.05. The van der Waals surface area contributed by atoms with E-state index in [1.165, 1.54) is 25.1 Å². The molecule has 42 heavy (non-hydrogen) atoms. The summed E-state index contributed by atoms with van der Waals surface area (Å²) in [5.41, 5.74) is 0.693. The minimum absolute atomic E-state index is 0.0652. The van der Waals surface area contributed by atoms with E-state index in [1.54, 1.807) is 55.2 Å². The quantitative estimate of drug-likeness (QED) is 0.215. The van der Waals surface area contributed by atoms with E-state index in [0.717, 1.165) is 5.56 Å². The molecule has 0 saturated heterocycles. The van der Waals surface area contributed by atoms with E-state index in [2.05, 4.69) is 31.6 Å². The molecule has 0 fully saturated rings. The van der Waals surface area contributed by atoms with E-state index in [9.17, 15) is 24.3 Å². The van der Waals surface area contributed by atoms with Gasteiger partial charge < -0.3 is 31.1 Å². The number of hydrogen-bond donors (Lipinski definition) is 5. The number of nitrogens with zero attached hydrogens (tertiary/aromatic N) is 3. The SMILES string of the molecule is CC(C)[C@@H]1NC(=O)c2cc(ccc2O)Oc2ccc(cc2)C[C@@H](C(=O)NCCCn2ccnn2)NC(=O)[C@H](C)NC1=O. The number of carbonyl (C=O) groups excluding carboxylic acids is 4. The van der Waals surface area contributed by atoms with Gasteiger partial charge in [-0.25, -0.2) is 0 Å². The van der Waals surface area contributed by atoms with Gasteiger partial charge in [0, 0.05) is 25.7 Å². The minimum atomic E-state index is -1.01. The molecule has 2 aromatic carbocycles. The van der Waals surface area contributed by atoms with Gasteiger partial charge in [0.1, 0.15) is 35.4 Å². The fourth-order valence-electron chi connectivity index (χ4n) is 4.38. The Morgan fingerprint density at radius 3 is 2.50 bits per heavy atom. The third-order valence-corrected chi connectivity index (χ3v) is 6.77. The predicted octanol–water partition coefficient (Wildman–Crippen LogP) is 1.28. The Hall–Kier alpha value is -4.94. The average Bonchev–Trinajstić information content (AvgIpc) is 3.48. The molecule has 3 atom stereocenters. The molecule has 4 amide bonds. The van der Waals surface area contributed by atoms with Crippen LogP contribution in [0.1, 0.15) is 43.1 Å². The highest BCUT2D eigenvalue weighted by atomic mass is 16.5. The summed E-state index contributed by atoms with van der Waals surface area (Å²) in [7, 11) is 0. The van der Waals surface area contributed by atoms with Gasteiger partial charge in [-0.2, -0.15) is 0 Å². The van der Waals surface area contributed by atoms with Crippen molar-refractivity contribution in [3.63, 3.8) is 0 Å². The number of aromatic nitrogens is 3. The van der Waals surface area contributed by atoms with Crippen LogP contribution in [-0.2, 0) is 27.3 Å². The molecule has 5 N–H and O–H groups in total. The zero-order valence-electron chi connectivity index (χ0n) is 23.7. The molecule has 0 unspecified atom stereocenters. The molecule has 13 heteroatoms. The monoisotopic (exact) mass is 577 g/mol. The highest BCUT2D eigenvalue weighted by Crippen LogP contribution is 2.28. The zero-order valence-corrected chi connectivity index (χ0v) is 23.7. The van der Waals surface area contributed by atoms with Crippen molar-refractivity contribution in [2.45, 2.75) is 58.3 Å². The number of benzene rings is 2. The van der Waals surface area contributed by atoms with Crippen LogP contribution in [0.5, 0.6) is 17.2 Å². The van der Waals surface area contributed by atoms with Gasteiger partial charge >= 0.3 is 0 Å². The lowest BCUT2D eigenvalue weighted by Crippen LogP contribution is -2.57. The number of carbonyl (C=O) groups is 4. The topological polar surface area (TPSA) is 177 Å². The van der Waals surface area contributed by atoms with Crippen LogP contribution in [0.25, 0.3) is 0 Å². The van der Waals surface area contributed by atoms with Crippen molar-refractivity contribution in [1.82, 2.24) is 36.3 Å². The van der Waals surface area contributed by atoms with Crippen LogP contribution in [0.2, 0.25) is 0 Å². The molecular weight excluding hydrogens is 542 g/mol. The van der Waals surface area contributed by atoms with Gasteiger partial charge in [0.15, 0.2) is 0 Å². The first-order valence-corrected chi connectivity index (χ1v) is 13.7. The normalized spacial score (nSPS) is 19.6. The van der Waals surface area contributed by atoms with E-state index in [0.29, 0.717) is 31.0 Å². The maximum absolute atomic E-state index is 13.2. The zero-order chi connectivity index (χ0) is 30.2. The van der Waals surface area contributed by atoms with E-state index >= 15 is 0 Å². The number of amides is 4. The Balaban J connectivity index is 1.57.